The van der Waals surface area contributed by atoms with Crippen LogP contribution < -0.4 is 0 Å². The molecule has 0 heterocycles. The predicted octanol–water partition coefficient (Wildman–Crippen LogP) is 21.8. The molecule has 0 fully saturated rings. The van der Waals surface area contributed by atoms with Crippen molar-refractivity contribution in [2.45, 2.75) is 348 Å². The highest BCUT2D eigenvalue weighted by molar-refractivity contribution is 5.71. The molecule has 6 nitrogen and oxygen atoms in total. The van der Waals surface area contributed by atoms with Crippen molar-refractivity contribution in [1.82, 2.24) is 0 Å². The number of allylic oxidation sites excluding steroid dienone is 8. The van der Waals surface area contributed by atoms with Gasteiger partial charge in [0.25, 0.3) is 0 Å². The Morgan fingerprint density at radius 2 is 0.493 bits per heavy atom. The van der Waals surface area contributed by atoms with Crippen LogP contribution in [0.1, 0.15) is 342 Å². The van der Waals surface area contributed by atoms with E-state index in [0.29, 0.717) is 19.3 Å². The Bertz CT molecular complexity index is 1270. The predicted molar refractivity (Wildman–Crippen MR) is 316 cm³/mol. The van der Waals surface area contributed by atoms with Gasteiger partial charge in [0.1, 0.15) is 13.2 Å². The highest BCUT2D eigenvalue weighted by Crippen LogP contribution is 2.17. The molecule has 0 aromatic carbocycles. The number of unbranched alkanes of at least 4 members (excludes halogenated alkanes) is 40. The van der Waals surface area contributed by atoms with Crippen molar-refractivity contribution in [1.29, 1.82) is 0 Å². The van der Waals surface area contributed by atoms with Gasteiger partial charge < -0.3 is 14.2 Å². The van der Waals surface area contributed by atoms with Gasteiger partial charge in [-0.05, 0) is 83.5 Å². The molecule has 0 radical (unpaired) electrons. The van der Waals surface area contributed by atoms with Gasteiger partial charge in [-0.3, -0.25) is 14.4 Å². The molecular weight excluding hydrogens is 901 g/mol. The molecule has 0 N–H and O–H groups in total. The van der Waals surface area contributed by atoms with Crippen LogP contribution in [0.25, 0.3) is 0 Å². The van der Waals surface area contributed by atoms with Crippen molar-refractivity contribution in [2.24, 2.45) is 0 Å². The molecule has 0 saturated carbocycles. The summed E-state index contributed by atoms with van der Waals surface area (Å²) >= 11 is 0. The molecule has 0 saturated heterocycles. The van der Waals surface area contributed by atoms with Gasteiger partial charge in [0, 0.05) is 19.3 Å². The molecule has 0 aromatic rings. The second-order valence-corrected chi connectivity index (χ2v) is 21.7. The Labute approximate surface area is 454 Å². The molecule has 1 atom stereocenters. The first-order chi connectivity index (χ1) is 36.0. The molecule has 0 aliphatic carbocycles. The second-order valence-electron chi connectivity index (χ2n) is 21.7. The van der Waals surface area contributed by atoms with Crippen LogP contribution in [0.3, 0.4) is 0 Å². The summed E-state index contributed by atoms with van der Waals surface area (Å²) in [6.45, 7) is 6.63. The van der Waals surface area contributed by atoms with Crippen molar-refractivity contribution < 1.29 is 28.6 Å². The summed E-state index contributed by atoms with van der Waals surface area (Å²) < 4.78 is 16.9. The smallest absolute Gasteiger partial charge is 0.306 e. The number of esters is 3. The lowest BCUT2D eigenvalue weighted by Crippen LogP contribution is -2.30. The standard InChI is InChI=1S/C67H122O6/c1-4-7-10-13-16-19-22-25-28-31-32-33-34-35-36-37-40-42-45-48-51-54-57-60-66(69)72-63-64(73-67(70)61-58-55-52-49-46-43-39-30-27-24-21-18-15-12-9-6-3)62-71-65(68)59-56-53-50-47-44-41-38-29-26-23-20-17-14-11-8-5-2/h20-21,23-24,29-30,38-39,64H,4-19,22,25-28,31-37,40-63H2,1-3H3/b23-20-,24-21-,38-29-,39-30-. The van der Waals surface area contributed by atoms with E-state index in [4.69, 9.17) is 14.2 Å². The van der Waals surface area contributed by atoms with E-state index in [2.05, 4.69) is 69.4 Å². The maximum atomic E-state index is 12.9. The molecule has 0 amide bonds. The number of carbonyl (C=O) groups excluding carboxylic acids is 3. The van der Waals surface area contributed by atoms with Gasteiger partial charge in [-0.2, -0.15) is 0 Å². The van der Waals surface area contributed by atoms with Crippen molar-refractivity contribution in [3.63, 3.8) is 0 Å². The summed E-state index contributed by atoms with van der Waals surface area (Å²) in [6.07, 6.45) is 76.9. The maximum absolute atomic E-state index is 12.9. The molecule has 73 heavy (non-hydrogen) atoms. The Kier molecular flexibility index (Phi) is 59.7. The highest BCUT2D eigenvalue weighted by Gasteiger charge is 2.19. The lowest BCUT2D eigenvalue weighted by Gasteiger charge is -2.18. The van der Waals surface area contributed by atoms with Gasteiger partial charge in [0.05, 0.1) is 0 Å². The topological polar surface area (TPSA) is 78.9 Å². The second kappa shape index (κ2) is 61.9. The lowest BCUT2D eigenvalue weighted by molar-refractivity contribution is -0.167. The first-order valence-corrected chi connectivity index (χ1v) is 32.1. The normalized spacial score (nSPS) is 12.3. The average Bonchev–Trinajstić information content (AvgIpc) is 3.39. The molecular formula is C67H122O6. The van der Waals surface area contributed by atoms with Crippen molar-refractivity contribution in [3.05, 3.63) is 48.6 Å². The highest BCUT2D eigenvalue weighted by atomic mass is 16.6. The zero-order valence-corrected chi connectivity index (χ0v) is 48.9. The van der Waals surface area contributed by atoms with Gasteiger partial charge in [-0.25, -0.2) is 0 Å². The van der Waals surface area contributed by atoms with E-state index in [1.165, 1.54) is 199 Å². The fraction of sp³-hybridized carbons (Fsp3) is 0.836. The number of rotatable bonds is 59. The summed E-state index contributed by atoms with van der Waals surface area (Å²) in [6, 6.07) is 0. The van der Waals surface area contributed by atoms with Crippen LogP contribution in [0.5, 0.6) is 0 Å². The van der Waals surface area contributed by atoms with Gasteiger partial charge in [0.2, 0.25) is 0 Å². The minimum atomic E-state index is -0.785. The molecule has 0 aliphatic heterocycles. The molecule has 0 aromatic heterocycles. The van der Waals surface area contributed by atoms with E-state index >= 15 is 0 Å². The molecule has 0 rings (SSSR count). The monoisotopic (exact) mass is 1020 g/mol. The molecule has 426 valence electrons. The van der Waals surface area contributed by atoms with Crippen molar-refractivity contribution in [3.8, 4) is 0 Å². The molecule has 0 spiro atoms. The number of hydrogen-bond acceptors (Lipinski definition) is 6. The SMILES string of the molecule is CCCCCC/C=C\C/C=C\CCCCCCCC(=O)OCC(COC(=O)CCCCCCCCCCCCCCCCCCCCCCCCC)OC(=O)CCCCCCC/C=C\C/C=C\CCCCCC. The van der Waals surface area contributed by atoms with E-state index in [1.54, 1.807) is 0 Å². The fourth-order valence-corrected chi connectivity index (χ4v) is 9.45. The fourth-order valence-electron chi connectivity index (χ4n) is 9.45. The maximum Gasteiger partial charge on any atom is 0.306 e. The number of hydrogen-bond donors (Lipinski definition) is 0. The summed E-state index contributed by atoms with van der Waals surface area (Å²) in [7, 11) is 0. The quantitative estimate of drug-likeness (QED) is 0.0261. The average molecular weight is 1020 g/mol. The van der Waals surface area contributed by atoms with Crippen LogP contribution in [0, 0.1) is 0 Å². The van der Waals surface area contributed by atoms with Crippen LogP contribution >= 0.6 is 0 Å². The van der Waals surface area contributed by atoms with Crippen LogP contribution in [-0.4, -0.2) is 37.2 Å². The number of ether oxygens (including phenoxy) is 3. The van der Waals surface area contributed by atoms with Gasteiger partial charge in [-0.15, -0.1) is 0 Å². The summed E-state index contributed by atoms with van der Waals surface area (Å²) in [5.74, 6) is -0.888. The summed E-state index contributed by atoms with van der Waals surface area (Å²) in [5, 5.41) is 0. The molecule has 1 unspecified atom stereocenters. The largest absolute Gasteiger partial charge is 0.462 e. The Hall–Kier alpha value is -2.63. The third kappa shape index (κ3) is 60.1. The van der Waals surface area contributed by atoms with Gasteiger partial charge in [-0.1, -0.05) is 288 Å². The van der Waals surface area contributed by atoms with Crippen LogP contribution in [0.4, 0.5) is 0 Å². The summed E-state index contributed by atoms with van der Waals surface area (Å²) in [4.78, 5) is 38.3. The first kappa shape index (κ1) is 70.4. The van der Waals surface area contributed by atoms with Crippen LogP contribution in [0.2, 0.25) is 0 Å². The minimum absolute atomic E-state index is 0.0801. The molecule has 0 aliphatic rings. The third-order valence-corrected chi connectivity index (χ3v) is 14.3. The van der Waals surface area contributed by atoms with Gasteiger partial charge >= 0.3 is 17.9 Å². The van der Waals surface area contributed by atoms with E-state index in [1.807, 2.05) is 0 Å². The molecule has 0 bridgehead atoms. The summed E-state index contributed by atoms with van der Waals surface area (Å²) in [5.41, 5.74) is 0. The zero-order valence-electron chi connectivity index (χ0n) is 48.9. The Morgan fingerprint density at radius 1 is 0.274 bits per heavy atom. The first-order valence-electron chi connectivity index (χ1n) is 32.1. The zero-order chi connectivity index (χ0) is 52.9. The third-order valence-electron chi connectivity index (χ3n) is 14.3. The molecule has 6 heteroatoms. The van der Waals surface area contributed by atoms with Crippen LogP contribution in [0.15, 0.2) is 48.6 Å². The lowest BCUT2D eigenvalue weighted by atomic mass is 10.0. The van der Waals surface area contributed by atoms with E-state index < -0.39 is 6.10 Å². The minimum Gasteiger partial charge on any atom is -0.462 e. The number of carbonyl (C=O) groups is 3. The van der Waals surface area contributed by atoms with Gasteiger partial charge in [0.15, 0.2) is 6.10 Å². The van der Waals surface area contributed by atoms with Crippen molar-refractivity contribution in [2.75, 3.05) is 13.2 Å². The Balaban J connectivity index is 4.32. The Morgan fingerprint density at radius 3 is 0.767 bits per heavy atom. The van der Waals surface area contributed by atoms with Crippen molar-refractivity contribution >= 4 is 17.9 Å². The van der Waals surface area contributed by atoms with E-state index in [0.717, 1.165) is 103 Å². The van der Waals surface area contributed by atoms with Crippen LogP contribution in [-0.2, 0) is 28.6 Å². The van der Waals surface area contributed by atoms with E-state index in [9.17, 15) is 14.4 Å². The van der Waals surface area contributed by atoms with E-state index in [-0.39, 0.29) is 31.1 Å².